The lowest BCUT2D eigenvalue weighted by Crippen LogP contribution is -2.43. The number of sulfonamides is 1. The van der Waals surface area contributed by atoms with E-state index in [2.05, 4.69) is 10.0 Å². The van der Waals surface area contributed by atoms with E-state index in [-0.39, 0.29) is 29.3 Å². The molecule has 0 aliphatic carbocycles. The highest BCUT2D eigenvalue weighted by Gasteiger charge is 2.18. The van der Waals surface area contributed by atoms with Crippen LogP contribution in [-0.2, 0) is 14.8 Å². The summed E-state index contributed by atoms with van der Waals surface area (Å²) in [6.07, 6.45) is 0.894. The highest BCUT2D eigenvalue weighted by atomic mass is 35.5. The largest absolute Gasteiger partial charge is 0.351 e. The maximum absolute atomic E-state index is 12.0. The molecule has 0 heterocycles. The topological polar surface area (TPSA) is 75.3 Å². The zero-order valence-corrected chi connectivity index (χ0v) is 14.0. The molecule has 0 spiro atoms. The van der Waals surface area contributed by atoms with Crippen LogP contribution in [0.5, 0.6) is 0 Å². The van der Waals surface area contributed by atoms with E-state index in [1.165, 1.54) is 24.3 Å². The Kier molecular flexibility index (Phi) is 6.19. The molecule has 2 N–H and O–H groups in total. The van der Waals surface area contributed by atoms with Gasteiger partial charge in [0.2, 0.25) is 15.9 Å². The number of halogens is 1. The van der Waals surface area contributed by atoms with Crippen molar-refractivity contribution < 1.29 is 13.2 Å². The molecule has 0 aliphatic heterocycles. The van der Waals surface area contributed by atoms with Crippen molar-refractivity contribution in [3.8, 4) is 0 Å². The Hall–Kier alpha value is -1.11. The van der Waals surface area contributed by atoms with Crippen LogP contribution < -0.4 is 10.0 Å². The van der Waals surface area contributed by atoms with Gasteiger partial charge in [-0.3, -0.25) is 4.79 Å². The number of benzene rings is 1. The minimum Gasteiger partial charge on any atom is -0.351 e. The number of amides is 1. The second-order valence-electron chi connectivity index (χ2n) is 5.39. The fraction of sp³-hybridized carbons (Fsp3) is 0.500. The molecule has 0 saturated heterocycles. The van der Waals surface area contributed by atoms with E-state index >= 15 is 0 Å². The molecule has 0 atom stereocenters. The molecule has 1 aromatic rings. The fourth-order valence-corrected chi connectivity index (χ4v) is 2.68. The molecule has 1 rings (SSSR count). The molecule has 1 amide bonds. The normalized spacial score (nSPS) is 12.2. The maximum atomic E-state index is 12.0. The molecule has 0 bridgehead atoms. The first kappa shape index (κ1) is 17.9. The van der Waals surface area contributed by atoms with Gasteiger partial charge >= 0.3 is 0 Å². The number of rotatable bonds is 7. The van der Waals surface area contributed by atoms with Gasteiger partial charge in [-0.15, -0.1) is 0 Å². The summed E-state index contributed by atoms with van der Waals surface area (Å²) < 4.78 is 26.4. The van der Waals surface area contributed by atoms with Crippen molar-refractivity contribution in [2.75, 3.05) is 6.54 Å². The lowest BCUT2D eigenvalue weighted by Gasteiger charge is -2.24. The molecule has 0 aromatic heterocycles. The summed E-state index contributed by atoms with van der Waals surface area (Å²) >= 11 is 5.71. The summed E-state index contributed by atoms with van der Waals surface area (Å²) in [7, 11) is -3.61. The molecule has 1 aromatic carbocycles. The molecule has 7 heteroatoms. The number of carbonyl (C=O) groups is 1. The van der Waals surface area contributed by atoms with Gasteiger partial charge in [-0.1, -0.05) is 18.5 Å². The summed E-state index contributed by atoms with van der Waals surface area (Å²) in [6.45, 7) is 5.87. The van der Waals surface area contributed by atoms with Gasteiger partial charge in [0.15, 0.2) is 0 Å². The quantitative estimate of drug-likeness (QED) is 0.804. The van der Waals surface area contributed by atoms with Gasteiger partial charge in [-0.25, -0.2) is 13.1 Å². The first-order valence-corrected chi connectivity index (χ1v) is 8.58. The maximum Gasteiger partial charge on any atom is 0.240 e. The highest BCUT2D eigenvalue weighted by molar-refractivity contribution is 7.89. The van der Waals surface area contributed by atoms with Gasteiger partial charge in [-0.2, -0.15) is 0 Å². The second-order valence-corrected chi connectivity index (χ2v) is 7.59. The molecular formula is C14H21ClN2O3S. The fourth-order valence-electron chi connectivity index (χ4n) is 1.52. The molecule has 118 valence electrons. The number of hydrogen-bond donors (Lipinski definition) is 2. The van der Waals surface area contributed by atoms with Gasteiger partial charge in [0.1, 0.15) is 0 Å². The van der Waals surface area contributed by atoms with Crippen molar-refractivity contribution in [3.63, 3.8) is 0 Å². The summed E-state index contributed by atoms with van der Waals surface area (Å²) in [6, 6.07) is 5.86. The average molecular weight is 333 g/mol. The Morgan fingerprint density at radius 2 is 1.81 bits per heavy atom. The minimum absolute atomic E-state index is 0.0522. The number of carbonyl (C=O) groups excluding carboxylic acids is 1. The molecule has 0 fully saturated rings. The van der Waals surface area contributed by atoms with E-state index in [1.807, 2.05) is 20.8 Å². The standard InChI is InChI=1S/C14H21ClN2O3S/c1-4-14(2,3)17-13(18)9-10-16-21(19,20)12-7-5-11(15)6-8-12/h5-8,16H,4,9-10H2,1-3H3,(H,17,18). The van der Waals surface area contributed by atoms with Crippen LogP contribution in [0.4, 0.5) is 0 Å². The van der Waals surface area contributed by atoms with Gasteiger partial charge in [0.25, 0.3) is 0 Å². The Bertz CT molecular complexity index is 583. The molecule has 0 radical (unpaired) electrons. The molecule has 5 nitrogen and oxygen atoms in total. The Morgan fingerprint density at radius 1 is 1.24 bits per heavy atom. The predicted molar refractivity (Wildman–Crippen MR) is 83.8 cm³/mol. The summed E-state index contributed by atoms with van der Waals surface area (Å²) in [5, 5.41) is 3.32. The van der Waals surface area contributed by atoms with E-state index in [0.29, 0.717) is 5.02 Å². The van der Waals surface area contributed by atoms with Crippen LogP contribution in [0.1, 0.15) is 33.6 Å². The van der Waals surface area contributed by atoms with Crippen molar-refractivity contribution in [2.24, 2.45) is 0 Å². The summed E-state index contributed by atoms with van der Waals surface area (Å²) in [5.74, 6) is -0.180. The second kappa shape index (κ2) is 7.24. The van der Waals surface area contributed by atoms with Gasteiger partial charge < -0.3 is 5.32 Å². The van der Waals surface area contributed by atoms with Crippen LogP contribution in [-0.4, -0.2) is 26.4 Å². The molecule has 0 unspecified atom stereocenters. The zero-order valence-electron chi connectivity index (χ0n) is 12.4. The van der Waals surface area contributed by atoms with Crippen LogP contribution >= 0.6 is 11.6 Å². The van der Waals surface area contributed by atoms with Crippen molar-refractivity contribution in [2.45, 2.75) is 44.0 Å². The van der Waals surface area contributed by atoms with E-state index in [1.54, 1.807) is 0 Å². The van der Waals surface area contributed by atoms with E-state index < -0.39 is 10.0 Å². The Balaban J connectivity index is 2.51. The van der Waals surface area contributed by atoms with E-state index in [4.69, 9.17) is 11.6 Å². The first-order valence-electron chi connectivity index (χ1n) is 6.72. The van der Waals surface area contributed by atoms with Crippen LogP contribution in [0.2, 0.25) is 5.02 Å². The lowest BCUT2D eigenvalue weighted by molar-refractivity contribution is -0.122. The third kappa shape index (κ3) is 6.03. The van der Waals surface area contributed by atoms with E-state index in [9.17, 15) is 13.2 Å². The summed E-state index contributed by atoms with van der Waals surface area (Å²) in [4.78, 5) is 11.8. The Labute approximate surface area is 131 Å². The highest BCUT2D eigenvalue weighted by Crippen LogP contribution is 2.13. The lowest BCUT2D eigenvalue weighted by atomic mass is 10.0. The summed E-state index contributed by atoms with van der Waals surface area (Å²) in [5.41, 5.74) is -0.286. The van der Waals surface area contributed by atoms with Crippen LogP contribution in [0.15, 0.2) is 29.2 Å². The minimum atomic E-state index is -3.61. The van der Waals surface area contributed by atoms with Crippen LogP contribution in [0.25, 0.3) is 0 Å². The van der Waals surface area contributed by atoms with Crippen molar-refractivity contribution in [1.29, 1.82) is 0 Å². The van der Waals surface area contributed by atoms with Crippen LogP contribution in [0, 0.1) is 0 Å². The van der Waals surface area contributed by atoms with Crippen LogP contribution in [0.3, 0.4) is 0 Å². The smallest absolute Gasteiger partial charge is 0.240 e. The first-order chi connectivity index (χ1) is 9.66. The zero-order chi connectivity index (χ0) is 16.1. The molecule has 21 heavy (non-hydrogen) atoms. The van der Waals surface area contributed by atoms with Gasteiger partial charge in [-0.05, 0) is 44.5 Å². The number of nitrogens with one attached hydrogen (secondary N) is 2. The average Bonchev–Trinajstić information content (AvgIpc) is 2.38. The third-order valence-electron chi connectivity index (χ3n) is 3.13. The molecule has 0 aliphatic rings. The van der Waals surface area contributed by atoms with Crippen molar-refractivity contribution >= 4 is 27.5 Å². The van der Waals surface area contributed by atoms with Crippen molar-refractivity contribution in [1.82, 2.24) is 10.0 Å². The van der Waals surface area contributed by atoms with E-state index in [0.717, 1.165) is 6.42 Å². The molecule has 0 saturated carbocycles. The SMILES string of the molecule is CCC(C)(C)NC(=O)CCNS(=O)(=O)c1ccc(Cl)cc1. The van der Waals surface area contributed by atoms with Crippen molar-refractivity contribution in [3.05, 3.63) is 29.3 Å². The predicted octanol–water partition coefficient (Wildman–Crippen LogP) is 2.31. The Morgan fingerprint density at radius 3 is 2.33 bits per heavy atom. The molecular weight excluding hydrogens is 312 g/mol. The number of hydrogen-bond acceptors (Lipinski definition) is 3. The van der Waals surface area contributed by atoms with Gasteiger partial charge in [0, 0.05) is 23.5 Å². The third-order valence-corrected chi connectivity index (χ3v) is 4.86. The monoisotopic (exact) mass is 332 g/mol. The van der Waals surface area contributed by atoms with Gasteiger partial charge in [0.05, 0.1) is 4.90 Å².